The van der Waals surface area contributed by atoms with Crippen LogP contribution in [0.1, 0.15) is 29.3 Å². The van der Waals surface area contributed by atoms with Gasteiger partial charge in [-0.3, -0.25) is 9.59 Å². The summed E-state index contributed by atoms with van der Waals surface area (Å²) in [5.41, 5.74) is 3.54. The van der Waals surface area contributed by atoms with E-state index in [1.54, 1.807) is 0 Å². The van der Waals surface area contributed by atoms with Crippen molar-refractivity contribution in [2.75, 3.05) is 36.4 Å². The quantitative estimate of drug-likeness (QED) is 0.919. The van der Waals surface area contributed by atoms with E-state index in [9.17, 15) is 9.59 Å². The van der Waals surface area contributed by atoms with Crippen molar-refractivity contribution in [1.29, 1.82) is 0 Å². The Morgan fingerprint density at radius 3 is 2.23 bits per heavy atom. The number of amides is 2. The van der Waals surface area contributed by atoms with Crippen molar-refractivity contribution in [2.24, 2.45) is 0 Å². The molecule has 2 amide bonds. The highest BCUT2D eigenvalue weighted by Crippen LogP contribution is 2.20. The zero-order valence-electron chi connectivity index (χ0n) is 15.4. The average molecular weight is 351 g/mol. The van der Waals surface area contributed by atoms with Gasteiger partial charge in [0.1, 0.15) is 0 Å². The van der Waals surface area contributed by atoms with E-state index in [1.165, 1.54) is 0 Å². The number of anilines is 2. The summed E-state index contributed by atoms with van der Waals surface area (Å²) < 4.78 is 0. The second-order valence-corrected chi connectivity index (χ2v) is 6.54. The molecule has 2 aromatic carbocycles. The van der Waals surface area contributed by atoms with Gasteiger partial charge >= 0.3 is 0 Å². The number of carbonyl (C=O) groups is 2. The molecular formula is C21H25N3O2. The van der Waals surface area contributed by atoms with E-state index in [-0.39, 0.29) is 11.8 Å². The summed E-state index contributed by atoms with van der Waals surface area (Å²) in [7, 11) is 0. The highest BCUT2D eigenvalue weighted by atomic mass is 16.2. The molecule has 0 saturated carbocycles. The van der Waals surface area contributed by atoms with Crippen LogP contribution in [0.2, 0.25) is 0 Å². The summed E-state index contributed by atoms with van der Waals surface area (Å²) >= 11 is 0. The van der Waals surface area contributed by atoms with Crippen LogP contribution in [0.4, 0.5) is 11.4 Å². The van der Waals surface area contributed by atoms with Gasteiger partial charge in [0, 0.05) is 49.5 Å². The van der Waals surface area contributed by atoms with Crippen molar-refractivity contribution in [3.05, 3.63) is 59.7 Å². The zero-order valence-corrected chi connectivity index (χ0v) is 15.4. The standard InChI is InChI=1S/C21H25N3O2/c1-3-20(25)24-14-12-23(13-15-24)18-10-8-17(9-11-18)22-21(26)19-7-5-4-6-16(19)2/h4-11H,3,12-15H2,1-2H3,(H,22,26). The lowest BCUT2D eigenvalue weighted by atomic mass is 10.1. The van der Waals surface area contributed by atoms with Gasteiger partial charge in [0.25, 0.3) is 5.91 Å². The number of rotatable bonds is 4. The monoisotopic (exact) mass is 351 g/mol. The first kappa shape index (κ1) is 18.0. The molecule has 1 aliphatic rings. The Morgan fingerprint density at radius 1 is 0.962 bits per heavy atom. The van der Waals surface area contributed by atoms with Gasteiger partial charge in [-0.25, -0.2) is 0 Å². The molecule has 0 aliphatic carbocycles. The lowest BCUT2D eigenvalue weighted by molar-refractivity contribution is -0.131. The van der Waals surface area contributed by atoms with Crippen LogP contribution in [-0.2, 0) is 4.79 Å². The second-order valence-electron chi connectivity index (χ2n) is 6.54. The van der Waals surface area contributed by atoms with Gasteiger partial charge in [0.2, 0.25) is 5.91 Å². The Labute approximate surface area is 154 Å². The first-order valence-electron chi connectivity index (χ1n) is 9.08. The van der Waals surface area contributed by atoms with Crippen LogP contribution in [0.5, 0.6) is 0 Å². The maximum atomic E-state index is 12.4. The number of hydrogen-bond acceptors (Lipinski definition) is 3. The lowest BCUT2D eigenvalue weighted by Gasteiger charge is -2.36. The maximum Gasteiger partial charge on any atom is 0.255 e. The Kier molecular flexibility index (Phi) is 5.56. The number of aryl methyl sites for hydroxylation is 1. The van der Waals surface area contributed by atoms with E-state index >= 15 is 0 Å². The Bertz CT molecular complexity index is 778. The van der Waals surface area contributed by atoms with Crippen LogP contribution in [0.25, 0.3) is 0 Å². The summed E-state index contributed by atoms with van der Waals surface area (Å²) in [6.07, 6.45) is 0.565. The summed E-state index contributed by atoms with van der Waals surface area (Å²) in [6.45, 7) is 7.03. The van der Waals surface area contributed by atoms with Crippen molar-refractivity contribution in [3.8, 4) is 0 Å². The molecule has 0 unspecified atom stereocenters. The number of benzene rings is 2. The van der Waals surface area contributed by atoms with Crippen LogP contribution in [0.3, 0.4) is 0 Å². The predicted octanol–water partition coefficient (Wildman–Crippen LogP) is 3.31. The van der Waals surface area contributed by atoms with E-state index in [0.29, 0.717) is 12.0 Å². The minimum absolute atomic E-state index is 0.0949. The smallest absolute Gasteiger partial charge is 0.255 e. The summed E-state index contributed by atoms with van der Waals surface area (Å²) in [6, 6.07) is 15.4. The van der Waals surface area contributed by atoms with Crippen molar-refractivity contribution in [1.82, 2.24) is 4.90 Å². The van der Waals surface area contributed by atoms with Crippen molar-refractivity contribution >= 4 is 23.2 Å². The normalized spacial score (nSPS) is 14.2. The molecule has 0 bridgehead atoms. The fourth-order valence-corrected chi connectivity index (χ4v) is 3.22. The third-order valence-corrected chi connectivity index (χ3v) is 4.81. The van der Waals surface area contributed by atoms with E-state index in [2.05, 4.69) is 10.2 Å². The van der Waals surface area contributed by atoms with Gasteiger partial charge in [-0.1, -0.05) is 25.1 Å². The minimum Gasteiger partial charge on any atom is -0.368 e. The molecule has 5 nitrogen and oxygen atoms in total. The summed E-state index contributed by atoms with van der Waals surface area (Å²) in [4.78, 5) is 28.4. The van der Waals surface area contributed by atoms with E-state index in [4.69, 9.17) is 0 Å². The topological polar surface area (TPSA) is 52.7 Å². The third kappa shape index (κ3) is 4.04. The number of piperazine rings is 1. The van der Waals surface area contributed by atoms with E-state index in [0.717, 1.165) is 43.1 Å². The minimum atomic E-state index is -0.0949. The van der Waals surface area contributed by atoms with Crippen LogP contribution < -0.4 is 10.2 Å². The van der Waals surface area contributed by atoms with E-state index < -0.39 is 0 Å². The molecule has 1 aliphatic heterocycles. The Balaban J connectivity index is 1.60. The molecule has 3 rings (SSSR count). The molecule has 136 valence electrons. The lowest BCUT2D eigenvalue weighted by Crippen LogP contribution is -2.48. The van der Waals surface area contributed by atoms with Crippen LogP contribution in [-0.4, -0.2) is 42.9 Å². The van der Waals surface area contributed by atoms with Crippen molar-refractivity contribution in [2.45, 2.75) is 20.3 Å². The molecule has 1 saturated heterocycles. The summed E-state index contributed by atoms with van der Waals surface area (Å²) in [5.74, 6) is 0.126. The molecule has 1 N–H and O–H groups in total. The van der Waals surface area contributed by atoms with Crippen molar-refractivity contribution < 1.29 is 9.59 Å². The second kappa shape index (κ2) is 8.04. The van der Waals surface area contributed by atoms with Gasteiger partial charge in [-0.15, -0.1) is 0 Å². The maximum absolute atomic E-state index is 12.4. The predicted molar refractivity (Wildman–Crippen MR) is 105 cm³/mol. The molecule has 0 radical (unpaired) electrons. The zero-order chi connectivity index (χ0) is 18.5. The van der Waals surface area contributed by atoms with Gasteiger partial charge in [0.05, 0.1) is 0 Å². The Morgan fingerprint density at radius 2 is 1.62 bits per heavy atom. The molecule has 0 spiro atoms. The van der Waals surface area contributed by atoms with Gasteiger partial charge < -0.3 is 15.1 Å². The molecule has 0 atom stereocenters. The molecule has 0 aromatic heterocycles. The molecule has 2 aromatic rings. The molecule has 1 fully saturated rings. The number of nitrogens with one attached hydrogen (secondary N) is 1. The number of nitrogens with zero attached hydrogens (tertiary/aromatic N) is 2. The molecule has 1 heterocycles. The Hall–Kier alpha value is -2.82. The summed E-state index contributed by atoms with van der Waals surface area (Å²) in [5, 5.41) is 2.95. The number of hydrogen-bond donors (Lipinski definition) is 1. The third-order valence-electron chi connectivity index (χ3n) is 4.81. The highest BCUT2D eigenvalue weighted by molar-refractivity contribution is 6.05. The fourth-order valence-electron chi connectivity index (χ4n) is 3.22. The van der Waals surface area contributed by atoms with E-state index in [1.807, 2.05) is 67.3 Å². The molecular weight excluding hydrogens is 326 g/mol. The molecule has 5 heteroatoms. The van der Waals surface area contributed by atoms with Crippen molar-refractivity contribution in [3.63, 3.8) is 0 Å². The highest BCUT2D eigenvalue weighted by Gasteiger charge is 2.20. The first-order valence-corrected chi connectivity index (χ1v) is 9.08. The average Bonchev–Trinajstić information content (AvgIpc) is 2.68. The van der Waals surface area contributed by atoms with Crippen LogP contribution in [0.15, 0.2) is 48.5 Å². The van der Waals surface area contributed by atoms with Crippen LogP contribution in [0, 0.1) is 6.92 Å². The van der Waals surface area contributed by atoms with Gasteiger partial charge in [0.15, 0.2) is 0 Å². The van der Waals surface area contributed by atoms with Crippen LogP contribution >= 0.6 is 0 Å². The first-order chi connectivity index (χ1) is 12.6. The SMILES string of the molecule is CCC(=O)N1CCN(c2ccc(NC(=O)c3ccccc3C)cc2)CC1. The fraction of sp³-hybridized carbons (Fsp3) is 0.333. The molecule has 26 heavy (non-hydrogen) atoms. The van der Waals surface area contributed by atoms with Gasteiger partial charge in [-0.2, -0.15) is 0 Å². The largest absolute Gasteiger partial charge is 0.368 e. The number of carbonyl (C=O) groups excluding carboxylic acids is 2. The van der Waals surface area contributed by atoms with Gasteiger partial charge in [-0.05, 0) is 42.8 Å².